The molecule has 0 bridgehead atoms. The van der Waals surface area contributed by atoms with Gasteiger partial charge in [0.1, 0.15) is 5.54 Å². The van der Waals surface area contributed by atoms with E-state index in [-0.39, 0.29) is 5.91 Å². The van der Waals surface area contributed by atoms with Crippen molar-refractivity contribution in [3.05, 3.63) is 35.9 Å². The Morgan fingerprint density at radius 3 is 2.48 bits per heavy atom. The maximum atomic E-state index is 11.9. The number of likely N-dealkylation sites (tertiary alicyclic amines) is 1. The van der Waals surface area contributed by atoms with Crippen LogP contribution in [0.3, 0.4) is 0 Å². The number of primary amides is 1. The van der Waals surface area contributed by atoms with Crippen LogP contribution in [0.2, 0.25) is 0 Å². The Labute approximate surface area is 126 Å². The summed E-state index contributed by atoms with van der Waals surface area (Å²) in [6.45, 7) is 2.97. The van der Waals surface area contributed by atoms with Crippen molar-refractivity contribution in [3.63, 3.8) is 0 Å². The van der Waals surface area contributed by atoms with Crippen LogP contribution in [0.25, 0.3) is 0 Å². The highest BCUT2D eigenvalue weighted by molar-refractivity contribution is 5.85. The summed E-state index contributed by atoms with van der Waals surface area (Å²) in [5.41, 5.74) is 6.59. The molecular formula is C17H25N3O. The van der Waals surface area contributed by atoms with Gasteiger partial charge in [-0.15, -0.1) is 0 Å². The molecule has 4 nitrogen and oxygen atoms in total. The van der Waals surface area contributed by atoms with E-state index in [1.807, 2.05) is 0 Å². The van der Waals surface area contributed by atoms with Gasteiger partial charge in [-0.1, -0.05) is 30.3 Å². The van der Waals surface area contributed by atoms with Gasteiger partial charge < -0.3 is 16.0 Å². The van der Waals surface area contributed by atoms with Crippen LogP contribution in [0.1, 0.15) is 31.2 Å². The second-order valence-corrected chi connectivity index (χ2v) is 6.44. The number of benzene rings is 1. The number of nitrogens with two attached hydrogens (primary N) is 1. The number of carbonyl (C=O) groups is 1. The lowest BCUT2D eigenvalue weighted by Crippen LogP contribution is -2.61. The molecule has 1 saturated carbocycles. The fraction of sp³-hybridized carbons (Fsp3) is 0.588. The molecule has 0 aromatic heterocycles. The van der Waals surface area contributed by atoms with Crippen molar-refractivity contribution >= 4 is 5.91 Å². The number of piperidine rings is 1. The van der Waals surface area contributed by atoms with Crippen LogP contribution in [0, 0.1) is 0 Å². The monoisotopic (exact) mass is 287 g/mol. The second-order valence-electron chi connectivity index (χ2n) is 6.44. The lowest BCUT2D eigenvalue weighted by Gasteiger charge is -2.40. The van der Waals surface area contributed by atoms with Gasteiger partial charge in [0, 0.05) is 25.7 Å². The van der Waals surface area contributed by atoms with Gasteiger partial charge in [-0.3, -0.25) is 4.79 Å². The summed E-state index contributed by atoms with van der Waals surface area (Å²) in [7, 11) is 0. The molecule has 0 radical (unpaired) electrons. The Balaban J connectivity index is 1.50. The zero-order valence-corrected chi connectivity index (χ0v) is 12.6. The number of hydrogen-bond acceptors (Lipinski definition) is 3. The summed E-state index contributed by atoms with van der Waals surface area (Å²) < 4.78 is 0. The van der Waals surface area contributed by atoms with E-state index >= 15 is 0 Å². The first-order valence-electron chi connectivity index (χ1n) is 8.02. The van der Waals surface area contributed by atoms with Crippen molar-refractivity contribution < 1.29 is 4.79 Å². The standard InChI is InChI=1S/C17H25N3O/c18-16(21)17(19-15-6-7-15)9-12-20(13-10-17)11-8-14-4-2-1-3-5-14/h1-5,15,19H,6-13H2,(H2,18,21). The highest BCUT2D eigenvalue weighted by Gasteiger charge is 2.43. The number of amides is 1. The normalized spacial score (nSPS) is 22.1. The minimum absolute atomic E-state index is 0.169. The highest BCUT2D eigenvalue weighted by atomic mass is 16.1. The summed E-state index contributed by atoms with van der Waals surface area (Å²) in [6.07, 6.45) is 5.13. The molecule has 1 saturated heterocycles. The molecule has 0 atom stereocenters. The third kappa shape index (κ3) is 3.63. The Morgan fingerprint density at radius 2 is 1.90 bits per heavy atom. The molecular weight excluding hydrogens is 262 g/mol. The SMILES string of the molecule is NC(=O)C1(NC2CC2)CCN(CCc2ccccc2)CC1. The first-order valence-corrected chi connectivity index (χ1v) is 8.02. The third-order valence-corrected chi connectivity index (χ3v) is 4.80. The van der Waals surface area contributed by atoms with Crippen LogP contribution in [0.15, 0.2) is 30.3 Å². The van der Waals surface area contributed by atoms with E-state index in [1.165, 1.54) is 18.4 Å². The molecule has 2 aliphatic rings. The van der Waals surface area contributed by atoms with Crippen LogP contribution in [0.5, 0.6) is 0 Å². The maximum Gasteiger partial charge on any atom is 0.237 e. The van der Waals surface area contributed by atoms with Crippen molar-refractivity contribution in [2.45, 2.75) is 43.7 Å². The highest BCUT2D eigenvalue weighted by Crippen LogP contribution is 2.29. The van der Waals surface area contributed by atoms with Crippen molar-refractivity contribution in [2.75, 3.05) is 19.6 Å². The molecule has 1 amide bonds. The molecule has 0 unspecified atom stereocenters. The van der Waals surface area contributed by atoms with Crippen LogP contribution in [-0.2, 0) is 11.2 Å². The number of carbonyl (C=O) groups excluding carboxylic acids is 1. The Hall–Kier alpha value is -1.39. The fourth-order valence-electron chi connectivity index (χ4n) is 3.17. The molecule has 4 heteroatoms. The van der Waals surface area contributed by atoms with Gasteiger partial charge in [0.2, 0.25) is 5.91 Å². The van der Waals surface area contributed by atoms with E-state index in [1.54, 1.807) is 0 Å². The predicted octanol–water partition coefficient (Wildman–Crippen LogP) is 1.30. The van der Waals surface area contributed by atoms with Gasteiger partial charge >= 0.3 is 0 Å². The molecule has 1 aliphatic carbocycles. The first kappa shape index (κ1) is 14.5. The van der Waals surface area contributed by atoms with Crippen LogP contribution in [-0.4, -0.2) is 42.0 Å². The molecule has 1 heterocycles. The van der Waals surface area contributed by atoms with Crippen molar-refractivity contribution in [1.29, 1.82) is 0 Å². The van der Waals surface area contributed by atoms with E-state index in [0.29, 0.717) is 6.04 Å². The van der Waals surface area contributed by atoms with E-state index in [4.69, 9.17) is 5.73 Å². The van der Waals surface area contributed by atoms with Crippen molar-refractivity contribution in [2.24, 2.45) is 5.73 Å². The number of hydrogen-bond donors (Lipinski definition) is 2. The molecule has 21 heavy (non-hydrogen) atoms. The van der Waals surface area contributed by atoms with Gasteiger partial charge in [0.25, 0.3) is 0 Å². The largest absolute Gasteiger partial charge is 0.368 e. The van der Waals surface area contributed by atoms with Gasteiger partial charge in [0.05, 0.1) is 0 Å². The third-order valence-electron chi connectivity index (χ3n) is 4.80. The zero-order chi connectivity index (χ0) is 14.7. The second kappa shape index (κ2) is 6.16. The average Bonchev–Trinajstić information content (AvgIpc) is 3.31. The molecule has 1 aliphatic heterocycles. The van der Waals surface area contributed by atoms with Crippen LogP contribution < -0.4 is 11.1 Å². The van der Waals surface area contributed by atoms with Gasteiger partial charge in [-0.2, -0.15) is 0 Å². The van der Waals surface area contributed by atoms with E-state index in [0.717, 1.165) is 38.9 Å². The van der Waals surface area contributed by atoms with Crippen molar-refractivity contribution in [3.8, 4) is 0 Å². The summed E-state index contributed by atoms with van der Waals surface area (Å²) >= 11 is 0. The van der Waals surface area contributed by atoms with Gasteiger partial charge in [-0.05, 0) is 37.7 Å². The lowest BCUT2D eigenvalue weighted by molar-refractivity contribution is -0.126. The predicted molar refractivity (Wildman–Crippen MR) is 83.9 cm³/mol. The minimum Gasteiger partial charge on any atom is -0.368 e. The summed E-state index contributed by atoms with van der Waals surface area (Å²) in [6, 6.07) is 11.1. The van der Waals surface area contributed by atoms with Crippen molar-refractivity contribution in [1.82, 2.24) is 10.2 Å². The zero-order valence-electron chi connectivity index (χ0n) is 12.6. The minimum atomic E-state index is -0.454. The van der Waals surface area contributed by atoms with E-state index < -0.39 is 5.54 Å². The molecule has 3 rings (SSSR count). The Kier molecular flexibility index (Phi) is 4.27. The summed E-state index contributed by atoms with van der Waals surface area (Å²) in [5.74, 6) is -0.169. The van der Waals surface area contributed by atoms with E-state index in [9.17, 15) is 4.79 Å². The molecule has 1 aromatic rings. The fourth-order valence-corrected chi connectivity index (χ4v) is 3.17. The molecule has 1 aromatic carbocycles. The quantitative estimate of drug-likeness (QED) is 0.829. The Bertz CT molecular complexity index is 476. The lowest BCUT2D eigenvalue weighted by atomic mass is 9.86. The van der Waals surface area contributed by atoms with Gasteiger partial charge in [0.15, 0.2) is 0 Å². The summed E-state index contributed by atoms with van der Waals surface area (Å²) in [4.78, 5) is 14.3. The topological polar surface area (TPSA) is 58.4 Å². The average molecular weight is 287 g/mol. The molecule has 2 fully saturated rings. The number of nitrogens with one attached hydrogen (secondary N) is 1. The van der Waals surface area contributed by atoms with Crippen LogP contribution in [0.4, 0.5) is 0 Å². The molecule has 114 valence electrons. The molecule has 0 spiro atoms. The molecule has 3 N–H and O–H groups in total. The number of nitrogens with zero attached hydrogens (tertiary/aromatic N) is 1. The Morgan fingerprint density at radius 1 is 1.24 bits per heavy atom. The summed E-state index contributed by atoms with van der Waals surface area (Å²) in [5, 5.41) is 3.50. The van der Waals surface area contributed by atoms with E-state index in [2.05, 4.69) is 40.5 Å². The smallest absolute Gasteiger partial charge is 0.237 e. The van der Waals surface area contributed by atoms with Crippen LogP contribution >= 0.6 is 0 Å². The maximum absolute atomic E-state index is 11.9. The first-order chi connectivity index (χ1) is 10.2. The number of rotatable bonds is 6. The van der Waals surface area contributed by atoms with Gasteiger partial charge in [-0.25, -0.2) is 0 Å².